The summed E-state index contributed by atoms with van der Waals surface area (Å²) in [6.45, 7) is 1.37. The Morgan fingerprint density at radius 2 is 2.00 bits per heavy atom. The minimum atomic E-state index is -0.684. The highest BCUT2D eigenvalue weighted by atomic mass is 79.9. The molecule has 4 nitrogen and oxygen atoms in total. The molecule has 0 saturated carbocycles. The summed E-state index contributed by atoms with van der Waals surface area (Å²) in [4.78, 5) is 22.4. The first-order valence-electron chi connectivity index (χ1n) is 4.09. The topological polar surface area (TPSA) is 63.6 Å². The number of ketones is 1. The Morgan fingerprint density at radius 3 is 2.47 bits per heavy atom. The molecule has 0 saturated heterocycles. The zero-order valence-corrected chi connectivity index (χ0v) is 9.79. The van der Waals surface area contributed by atoms with Gasteiger partial charge in [0, 0.05) is 5.56 Å². The van der Waals surface area contributed by atoms with Crippen molar-refractivity contribution < 1.29 is 19.4 Å². The van der Waals surface area contributed by atoms with Gasteiger partial charge in [0.2, 0.25) is 0 Å². The molecule has 15 heavy (non-hydrogen) atoms. The van der Waals surface area contributed by atoms with Crippen LogP contribution in [-0.2, 0) is 4.74 Å². The first kappa shape index (κ1) is 11.7. The Balaban J connectivity index is 3.37. The van der Waals surface area contributed by atoms with Gasteiger partial charge in [-0.15, -0.1) is 0 Å². The molecule has 0 aliphatic heterocycles. The van der Waals surface area contributed by atoms with Gasteiger partial charge in [0.1, 0.15) is 11.3 Å². The number of benzene rings is 1. The largest absolute Gasteiger partial charge is 0.506 e. The minimum absolute atomic E-state index is 0.0305. The molecule has 1 rings (SSSR count). The van der Waals surface area contributed by atoms with E-state index in [0.29, 0.717) is 5.56 Å². The number of hydrogen-bond acceptors (Lipinski definition) is 4. The number of ether oxygens (including phenoxy) is 1. The van der Waals surface area contributed by atoms with E-state index >= 15 is 0 Å². The molecule has 5 heteroatoms. The number of esters is 1. The number of carbonyl (C=O) groups excluding carboxylic acids is 2. The number of aromatic hydroxyl groups is 1. The average molecular weight is 273 g/mol. The summed E-state index contributed by atoms with van der Waals surface area (Å²) in [5.74, 6) is -1.11. The summed E-state index contributed by atoms with van der Waals surface area (Å²) < 4.78 is 4.76. The van der Waals surface area contributed by atoms with E-state index in [1.54, 1.807) is 0 Å². The van der Waals surface area contributed by atoms with E-state index in [4.69, 9.17) is 0 Å². The molecular formula is C10H9BrO4. The number of halogens is 1. The van der Waals surface area contributed by atoms with Crippen LogP contribution in [0.4, 0.5) is 0 Å². The smallest absolute Gasteiger partial charge is 0.341 e. The van der Waals surface area contributed by atoms with Gasteiger partial charge in [-0.3, -0.25) is 4.79 Å². The maximum atomic E-state index is 11.2. The van der Waals surface area contributed by atoms with Crippen molar-refractivity contribution in [2.75, 3.05) is 7.11 Å². The molecule has 0 radical (unpaired) electrons. The number of Topliss-reactive ketones (excluding diaryl/α,β-unsaturated/α-hetero) is 1. The molecule has 0 aliphatic rings. The SMILES string of the molecule is COC(=O)c1cc(C(C)=O)cc(Br)c1O. The number of phenolic OH excluding ortho intramolecular Hbond substituents is 1. The molecule has 1 aromatic rings. The van der Waals surface area contributed by atoms with E-state index in [0.717, 1.165) is 0 Å². The quantitative estimate of drug-likeness (QED) is 0.662. The van der Waals surface area contributed by atoms with Crippen molar-refractivity contribution in [3.63, 3.8) is 0 Å². The lowest BCUT2D eigenvalue weighted by Crippen LogP contribution is -2.04. The molecule has 0 fully saturated rings. The predicted molar refractivity (Wildman–Crippen MR) is 57.2 cm³/mol. The van der Waals surface area contributed by atoms with Crippen LogP contribution in [0.2, 0.25) is 0 Å². The van der Waals surface area contributed by atoms with Crippen molar-refractivity contribution in [3.05, 3.63) is 27.7 Å². The Bertz CT molecular complexity index is 426. The van der Waals surface area contributed by atoms with Crippen LogP contribution in [0, 0.1) is 0 Å². The molecule has 0 spiro atoms. The van der Waals surface area contributed by atoms with Gasteiger partial charge in [-0.25, -0.2) is 4.79 Å². The van der Waals surface area contributed by atoms with Gasteiger partial charge in [0.25, 0.3) is 0 Å². The Labute approximate surface area is 95.0 Å². The third-order valence-corrected chi connectivity index (χ3v) is 2.48. The van der Waals surface area contributed by atoms with E-state index in [-0.39, 0.29) is 21.6 Å². The van der Waals surface area contributed by atoms with Crippen LogP contribution in [0.5, 0.6) is 5.75 Å². The second-order valence-corrected chi connectivity index (χ2v) is 3.76. The van der Waals surface area contributed by atoms with Crippen LogP contribution in [0.1, 0.15) is 27.6 Å². The lowest BCUT2D eigenvalue weighted by atomic mass is 10.1. The molecule has 0 unspecified atom stereocenters. The third-order valence-electron chi connectivity index (χ3n) is 1.88. The van der Waals surface area contributed by atoms with Crippen LogP contribution in [0.3, 0.4) is 0 Å². The second kappa shape index (κ2) is 4.44. The van der Waals surface area contributed by atoms with E-state index in [1.165, 1.54) is 26.2 Å². The average Bonchev–Trinajstić information content (AvgIpc) is 2.20. The maximum Gasteiger partial charge on any atom is 0.341 e. The third kappa shape index (κ3) is 2.36. The van der Waals surface area contributed by atoms with Crippen molar-refractivity contribution in [3.8, 4) is 5.75 Å². The second-order valence-electron chi connectivity index (χ2n) is 2.90. The van der Waals surface area contributed by atoms with E-state index in [9.17, 15) is 14.7 Å². The van der Waals surface area contributed by atoms with Gasteiger partial charge in [-0.05, 0) is 35.0 Å². The summed E-state index contributed by atoms with van der Waals surface area (Å²) in [5.41, 5.74) is 0.303. The number of methoxy groups -OCH3 is 1. The van der Waals surface area contributed by atoms with Crippen molar-refractivity contribution in [2.45, 2.75) is 6.92 Å². The molecule has 0 heterocycles. The minimum Gasteiger partial charge on any atom is -0.506 e. The van der Waals surface area contributed by atoms with Crippen molar-refractivity contribution in [2.24, 2.45) is 0 Å². The molecule has 0 aromatic heterocycles. The first-order chi connectivity index (χ1) is 6.97. The molecule has 1 N–H and O–H groups in total. The fourth-order valence-corrected chi connectivity index (χ4v) is 1.53. The van der Waals surface area contributed by atoms with Gasteiger partial charge in [-0.2, -0.15) is 0 Å². The maximum absolute atomic E-state index is 11.2. The summed E-state index contributed by atoms with van der Waals surface area (Å²) in [7, 11) is 1.20. The van der Waals surface area contributed by atoms with Crippen molar-refractivity contribution in [1.29, 1.82) is 0 Å². The fraction of sp³-hybridized carbons (Fsp3) is 0.200. The van der Waals surface area contributed by atoms with Crippen LogP contribution in [0.25, 0.3) is 0 Å². The highest BCUT2D eigenvalue weighted by Gasteiger charge is 2.16. The molecule has 1 aromatic carbocycles. The van der Waals surface area contributed by atoms with Crippen molar-refractivity contribution in [1.82, 2.24) is 0 Å². The van der Waals surface area contributed by atoms with Gasteiger partial charge in [-0.1, -0.05) is 0 Å². The summed E-state index contributed by atoms with van der Waals surface area (Å²) in [6, 6.07) is 2.75. The Hall–Kier alpha value is -1.36. The number of hydrogen-bond donors (Lipinski definition) is 1. The van der Waals surface area contributed by atoms with Gasteiger partial charge in [0.05, 0.1) is 11.6 Å². The molecule has 0 amide bonds. The predicted octanol–water partition coefficient (Wildman–Crippen LogP) is 2.14. The lowest BCUT2D eigenvalue weighted by molar-refractivity contribution is 0.0597. The normalized spacial score (nSPS) is 9.80. The number of phenols is 1. The lowest BCUT2D eigenvalue weighted by Gasteiger charge is -2.06. The molecule has 0 aliphatic carbocycles. The van der Waals surface area contributed by atoms with Crippen LogP contribution >= 0.6 is 15.9 Å². The summed E-state index contributed by atoms with van der Waals surface area (Å²) in [6.07, 6.45) is 0. The summed E-state index contributed by atoms with van der Waals surface area (Å²) in [5, 5.41) is 9.55. The molecule has 80 valence electrons. The molecule has 0 atom stereocenters. The zero-order valence-electron chi connectivity index (χ0n) is 8.20. The fourth-order valence-electron chi connectivity index (χ4n) is 1.07. The first-order valence-corrected chi connectivity index (χ1v) is 4.88. The number of rotatable bonds is 2. The van der Waals surface area contributed by atoms with Gasteiger partial charge >= 0.3 is 5.97 Å². The van der Waals surface area contributed by atoms with E-state index in [2.05, 4.69) is 20.7 Å². The number of carbonyl (C=O) groups is 2. The highest BCUT2D eigenvalue weighted by molar-refractivity contribution is 9.10. The standard InChI is InChI=1S/C10H9BrO4/c1-5(12)6-3-7(10(14)15-2)9(13)8(11)4-6/h3-4,13H,1-2H3. The highest BCUT2D eigenvalue weighted by Crippen LogP contribution is 2.30. The van der Waals surface area contributed by atoms with E-state index in [1.807, 2.05) is 0 Å². The Kier molecular flexibility index (Phi) is 3.47. The van der Waals surface area contributed by atoms with Crippen LogP contribution in [-0.4, -0.2) is 24.0 Å². The van der Waals surface area contributed by atoms with Crippen molar-refractivity contribution >= 4 is 27.7 Å². The van der Waals surface area contributed by atoms with E-state index < -0.39 is 5.97 Å². The van der Waals surface area contributed by atoms with Gasteiger partial charge < -0.3 is 9.84 Å². The molecule has 0 bridgehead atoms. The Morgan fingerprint density at radius 1 is 1.40 bits per heavy atom. The zero-order chi connectivity index (χ0) is 11.6. The van der Waals surface area contributed by atoms with Crippen LogP contribution < -0.4 is 0 Å². The summed E-state index contributed by atoms with van der Waals surface area (Å²) >= 11 is 3.05. The van der Waals surface area contributed by atoms with Gasteiger partial charge in [0.15, 0.2) is 5.78 Å². The monoisotopic (exact) mass is 272 g/mol. The molecular weight excluding hydrogens is 264 g/mol. The van der Waals surface area contributed by atoms with Crippen LogP contribution in [0.15, 0.2) is 16.6 Å².